The van der Waals surface area contributed by atoms with Gasteiger partial charge in [-0.05, 0) is 20.8 Å². The Kier molecular flexibility index (Phi) is 15.8. The fourth-order valence-corrected chi connectivity index (χ4v) is 7.27. The summed E-state index contributed by atoms with van der Waals surface area (Å²) < 4.78 is 64.3. The monoisotopic (exact) mass is 804 g/mol. The summed E-state index contributed by atoms with van der Waals surface area (Å²) in [6.07, 6.45) is -7.23. The molecule has 55 heavy (non-hydrogen) atoms. The third kappa shape index (κ3) is 10.9. The quantitative estimate of drug-likeness (QED) is 0.0933. The number of nitrogens with zero attached hydrogens (tertiary/aromatic N) is 2. The van der Waals surface area contributed by atoms with Gasteiger partial charge in [0.1, 0.15) is 36.6 Å². The molecule has 0 saturated carbocycles. The van der Waals surface area contributed by atoms with Crippen LogP contribution in [-0.2, 0) is 51.6 Å². The first kappa shape index (κ1) is 43.9. The van der Waals surface area contributed by atoms with Crippen LogP contribution in [0.25, 0.3) is 0 Å². The number of ether oxygens (including phenoxy) is 6. The zero-order valence-corrected chi connectivity index (χ0v) is 32.1. The van der Waals surface area contributed by atoms with Crippen LogP contribution in [0.4, 0.5) is 0 Å². The van der Waals surface area contributed by atoms with Gasteiger partial charge >= 0.3 is 19.0 Å². The molecule has 2 aromatic heterocycles. The van der Waals surface area contributed by atoms with E-state index in [9.17, 15) is 38.4 Å². The highest BCUT2D eigenvalue weighted by Crippen LogP contribution is 2.54. The summed E-state index contributed by atoms with van der Waals surface area (Å²) in [5, 5.41) is 15.2. The van der Waals surface area contributed by atoms with Gasteiger partial charge in [-0.1, -0.05) is 0 Å². The molecular weight excluding hydrogens is 755 g/mol. The molecule has 10 unspecified atom stereocenters. The number of amides is 2. The molecule has 2 aromatic rings. The Morgan fingerprint density at radius 2 is 1.29 bits per heavy atom. The highest BCUT2D eigenvalue weighted by molar-refractivity contribution is 7.54. The Morgan fingerprint density at radius 3 is 1.71 bits per heavy atom. The SMILES string of the molecule is CNC(=O)CCOC1C(OC(C)C)C(COP(=O)(OC)C(C)OC2C(CO)OC(n3ccc(=O)[nH]c3=O)C2OCCC(=O)NC)OC1n1ccc(=O)[nH]c1=O. The normalized spacial score (nSPS) is 26.8. The van der Waals surface area contributed by atoms with E-state index >= 15 is 0 Å². The van der Waals surface area contributed by atoms with Crippen LogP contribution in [0.2, 0.25) is 0 Å². The van der Waals surface area contributed by atoms with Crippen molar-refractivity contribution in [2.75, 3.05) is 47.6 Å². The molecule has 10 atom stereocenters. The fraction of sp³-hybridized carbons (Fsp3) is 0.688. The number of hydrogen-bond donors (Lipinski definition) is 5. The Hall–Kier alpha value is -3.83. The summed E-state index contributed by atoms with van der Waals surface area (Å²) in [5.74, 6) is -2.04. The second kappa shape index (κ2) is 19.9. The van der Waals surface area contributed by atoms with Gasteiger partial charge in [-0.15, -0.1) is 0 Å². The van der Waals surface area contributed by atoms with Gasteiger partial charge in [0.05, 0.1) is 32.5 Å². The second-order valence-corrected chi connectivity index (χ2v) is 15.2. The number of carbonyl (C=O) groups is 2. The topological polar surface area (TPSA) is 279 Å². The fourth-order valence-electron chi connectivity index (χ4n) is 6.01. The van der Waals surface area contributed by atoms with Gasteiger partial charge in [-0.2, -0.15) is 0 Å². The van der Waals surface area contributed by atoms with Crippen molar-refractivity contribution >= 4 is 19.4 Å². The molecule has 0 spiro atoms. The maximum Gasteiger partial charge on any atom is 0.358 e. The van der Waals surface area contributed by atoms with Gasteiger partial charge in [0.25, 0.3) is 11.1 Å². The molecule has 22 nitrogen and oxygen atoms in total. The minimum atomic E-state index is -4.28. The maximum absolute atomic E-state index is 14.3. The first-order chi connectivity index (χ1) is 26.2. The van der Waals surface area contributed by atoms with E-state index < -0.39 is 104 Å². The van der Waals surface area contributed by atoms with E-state index in [4.69, 9.17) is 37.5 Å². The average Bonchev–Trinajstić information content (AvgIpc) is 3.66. The van der Waals surface area contributed by atoms with Crippen LogP contribution in [0, 0.1) is 0 Å². The van der Waals surface area contributed by atoms with Crippen molar-refractivity contribution < 1.29 is 56.7 Å². The summed E-state index contributed by atoms with van der Waals surface area (Å²) in [5.41, 5.74) is -2.96. The third-order valence-electron chi connectivity index (χ3n) is 8.74. The largest absolute Gasteiger partial charge is 0.394 e. The van der Waals surface area contributed by atoms with Crippen molar-refractivity contribution in [2.45, 2.75) is 94.6 Å². The Balaban J connectivity index is 1.59. The summed E-state index contributed by atoms with van der Waals surface area (Å²) >= 11 is 0. The van der Waals surface area contributed by atoms with Crippen LogP contribution in [0.1, 0.15) is 46.1 Å². The van der Waals surface area contributed by atoms with E-state index in [1.807, 2.05) is 0 Å². The number of aliphatic hydroxyl groups is 1. The van der Waals surface area contributed by atoms with E-state index in [-0.39, 0.29) is 37.9 Å². The molecule has 0 radical (unpaired) electrons. The van der Waals surface area contributed by atoms with Crippen molar-refractivity contribution in [1.82, 2.24) is 29.7 Å². The Bertz CT molecular complexity index is 1880. The number of aromatic nitrogens is 4. The number of rotatable bonds is 20. The molecule has 2 aliphatic rings. The maximum atomic E-state index is 14.3. The first-order valence-corrected chi connectivity index (χ1v) is 19.1. The van der Waals surface area contributed by atoms with Gasteiger partial charge in [0.15, 0.2) is 18.3 Å². The zero-order chi connectivity index (χ0) is 40.4. The van der Waals surface area contributed by atoms with Gasteiger partial charge in [-0.3, -0.25) is 42.8 Å². The molecule has 2 aliphatic heterocycles. The lowest BCUT2D eigenvalue weighted by molar-refractivity contribution is -0.126. The second-order valence-electron chi connectivity index (χ2n) is 12.7. The first-order valence-electron chi connectivity index (χ1n) is 17.5. The van der Waals surface area contributed by atoms with Gasteiger partial charge in [0, 0.05) is 58.6 Å². The molecule has 308 valence electrons. The van der Waals surface area contributed by atoms with E-state index in [1.54, 1.807) is 13.8 Å². The number of hydrogen-bond acceptors (Lipinski definition) is 16. The Morgan fingerprint density at radius 1 is 0.818 bits per heavy atom. The minimum absolute atomic E-state index is 0.0303. The molecule has 0 aliphatic carbocycles. The minimum Gasteiger partial charge on any atom is -0.394 e. The van der Waals surface area contributed by atoms with Crippen molar-refractivity contribution in [3.05, 3.63) is 66.2 Å². The standard InChI is InChI=1S/C32H49N6O16P/c1-17(2)51-26-20(54-30(28(26)49-14-10-22(41)34-5)38-12-8-24(43)36-32(38)45)16-50-55(46,47-6)18(3)52-25-19(15-39)53-29(27(25)48-13-9-21(40)33-4)37-11-7-23(42)35-31(37)44/h7-8,11-12,17-20,25-30,39H,9-10,13-16H2,1-6H3,(H,33,40)(H,34,41)(H,35,42,44)(H,36,43,45). The molecule has 4 rings (SSSR count). The van der Waals surface area contributed by atoms with Gasteiger partial charge in [-0.25, -0.2) is 9.59 Å². The summed E-state index contributed by atoms with van der Waals surface area (Å²) in [7, 11) is -0.243. The third-order valence-corrected chi connectivity index (χ3v) is 10.8. The summed E-state index contributed by atoms with van der Waals surface area (Å²) in [6, 6.07) is 2.20. The summed E-state index contributed by atoms with van der Waals surface area (Å²) in [6.45, 7) is 3.50. The number of carbonyl (C=O) groups excluding carboxylic acids is 2. The lowest BCUT2D eigenvalue weighted by atomic mass is 10.1. The smallest absolute Gasteiger partial charge is 0.358 e. The highest BCUT2D eigenvalue weighted by atomic mass is 31.2. The van der Waals surface area contributed by atoms with Crippen LogP contribution in [0.5, 0.6) is 0 Å². The zero-order valence-electron chi connectivity index (χ0n) is 31.2. The lowest BCUT2D eigenvalue weighted by Crippen LogP contribution is -2.43. The molecule has 0 bridgehead atoms. The van der Waals surface area contributed by atoms with Crippen molar-refractivity contribution in [3.8, 4) is 0 Å². The van der Waals surface area contributed by atoms with Gasteiger partial charge in [0.2, 0.25) is 11.8 Å². The van der Waals surface area contributed by atoms with Crippen LogP contribution in [-0.4, -0.2) is 132 Å². The lowest BCUT2D eigenvalue weighted by Gasteiger charge is -2.31. The molecule has 5 N–H and O–H groups in total. The molecule has 23 heteroatoms. The number of aliphatic hydroxyl groups excluding tert-OH is 1. The molecule has 2 fully saturated rings. The van der Waals surface area contributed by atoms with E-state index in [1.165, 1.54) is 33.4 Å². The summed E-state index contributed by atoms with van der Waals surface area (Å²) in [4.78, 5) is 77.4. The molecule has 4 heterocycles. The van der Waals surface area contributed by atoms with Crippen LogP contribution in [0.15, 0.2) is 43.7 Å². The van der Waals surface area contributed by atoms with Crippen molar-refractivity contribution in [1.29, 1.82) is 0 Å². The Labute approximate surface area is 314 Å². The molecule has 2 saturated heterocycles. The van der Waals surface area contributed by atoms with E-state index in [2.05, 4.69) is 20.6 Å². The average molecular weight is 805 g/mol. The molecule has 0 aromatic carbocycles. The van der Waals surface area contributed by atoms with Crippen LogP contribution in [0.3, 0.4) is 0 Å². The van der Waals surface area contributed by atoms with Crippen molar-refractivity contribution in [3.63, 3.8) is 0 Å². The number of aromatic amines is 2. The predicted octanol–water partition coefficient (Wildman–Crippen LogP) is -1.70. The van der Waals surface area contributed by atoms with E-state index in [0.29, 0.717) is 0 Å². The molecular formula is C32H49N6O16P. The highest BCUT2D eigenvalue weighted by Gasteiger charge is 2.52. The van der Waals surface area contributed by atoms with Crippen LogP contribution >= 0.6 is 7.60 Å². The molecule has 2 amide bonds. The van der Waals surface area contributed by atoms with Gasteiger partial charge < -0.3 is 53.2 Å². The van der Waals surface area contributed by atoms with Crippen LogP contribution < -0.4 is 33.1 Å². The number of nitrogens with one attached hydrogen (secondary N) is 4. The number of H-pyrrole nitrogens is 2. The van der Waals surface area contributed by atoms with Crippen molar-refractivity contribution in [2.24, 2.45) is 0 Å². The predicted molar refractivity (Wildman–Crippen MR) is 189 cm³/mol. The van der Waals surface area contributed by atoms with E-state index in [0.717, 1.165) is 28.4 Å².